The average Bonchev–Trinajstić information content (AvgIpc) is 2.70. The largest absolute Gasteiger partial charge is 0.508 e. The molecule has 0 aromatic heterocycles. The molecule has 1 fully saturated rings. The summed E-state index contributed by atoms with van der Waals surface area (Å²) in [6.07, 6.45) is 4.64. The van der Waals surface area contributed by atoms with E-state index < -0.39 is 12.2 Å². The molecule has 0 aliphatic carbocycles. The van der Waals surface area contributed by atoms with Crippen molar-refractivity contribution in [3.05, 3.63) is 29.8 Å². The summed E-state index contributed by atoms with van der Waals surface area (Å²) in [6, 6.07) is 6.94. The van der Waals surface area contributed by atoms with Crippen molar-refractivity contribution >= 4 is 0 Å². The molecule has 0 radical (unpaired) electrons. The van der Waals surface area contributed by atoms with Gasteiger partial charge in [0.1, 0.15) is 11.9 Å². The Morgan fingerprint density at radius 1 is 1.07 bits per heavy atom. The smallest absolute Gasteiger partial charge is 0.115 e. The highest BCUT2D eigenvalue weighted by Gasteiger charge is 2.28. The molecule has 9 heteroatoms. The van der Waals surface area contributed by atoms with Gasteiger partial charge < -0.3 is 29.5 Å². The molecular weight excluding hydrogens is 382 g/mol. The van der Waals surface area contributed by atoms with E-state index in [2.05, 4.69) is 5.92 Å². The zero-order valence-corrected chi connectivity index (χ0v) is 16.4. The molecule has 5 N–H and O–H groups in total. The van der Waals surface area contributed by atoms with Gasteiger partial charge in [-0.2, -0.15) is 0 Å². The van der Waals surface area contributed by atoms with Crippen LogP contribution in [0.4, 0.5) is 0 Å². The van der Waals surface area contributed by atoms with Crippen LogP contribution < -0.4 is 0 Å². The van der Waals surface area contributed by atoms with E-state index in [9.17, 15) is 5.11 Å². The molecule has 1 aromatic carbocycles. The Bertz CT molecular complexity index is 575. The Balaban J connectivity index is 0.000000296. The fourth-order valence-electron chi connectivity index (χ4n) is 2.43. The van der Waals surface area contributed by atoms with Gasteiger partial charge in [0.2, 0.25) is 0 Å². The molecule has 1 aliphatic heterocycles. The quantitative estimate of drug-likeness (QED) is 0.216. The molecule has 2 rings (SSSR count). The van der Waals surface area contributed by atoms with E-state index >= 15 is 0 Å². The highest BCUT2D eigenvalue weighted by Crippen LogP contribution is 2.17. The third kappa shape index (κ3) is 12.4. The van der Waals surface area contributed by atoms with E-state index in [4.69, 9.17) is 41.3 Å². The zero-order valence-electron chi connectivity index (χ0n) is 16.4. The van der Waals surface area contributed by atoms with Crippen LogP contribution in [0.1, 0.15) is 24.8 Å². The summed E-state index contributed by atoms with van der Waals surface area (Å²) in [5, 5.41) is 44.3. The van der Waals surface area contributed by atoms with Crippen LogP contribution in [-0.4, -0.2) is 82.2 Å². The third-order valence-corrected chi connectivity index (χ3v) is 4.07. The number of hydrogen-bond acceptors (Lipinski definition) is 9. The predicted molar refractivity (Wildman–Crippen MR) is 103 cm³/mol. The molecule has 0 bridgehead atoms. The number of hydroxylamine groups is 2. The third-order valence-electron chi connectivity index (χ3n) is 4.07. The summed E-state index contributed by atoms with van der Waals surface area (Å²) in [5.41, 5.74) is 1.03. The maximum absolute atomic E-state index is 9.24. The van der Waals surface area contributed by atoms with Crippen molar-refractivity contribution in [2.24, 2.45) is 0 Å². The Morgan fingerprint density at radius 2 is 1.76 bits per heavy atom. The van der Waals surface area contributed by atoms with Gasteiger partial charge in [-0.15, -0.1) is 12.3 Å². The summed E-state index contributed by atoms with van der Waals surface area (Å²) in [7, 11) is 0. The summed E-state index contributed by atoms with van der Waals surface area (Å²) >= 11 is 0. The van der Waals surface area contributed by atoms with E-state index in [0.717, 1.165) is 5.56 Å². The second-order valence-electron chi connectivity index (χ2n) is 6.50. The highest BCUT2D eigenvalue weighted by molar-refractivity contribution is 5.25. The number of phenols is 1. The summed E-state index contributed by atoms with van der Waals surface area (Å²) in [4.78, 5) is 0. The van der Waals surface area contributed by atoms with Crippen LogP contribution in [0, 0.1) is 12.3 Å². The predicted octanol–water partition coefficient (Wildman–Crippen LogP) is 0.916. The van der Waals surface area contributed by atoms with Crippen LogP contribution in [0.3, 0.4) is 0 Å². The second-order valence-corrected chi connectivity index (χ2v) is 6.50. The van der Waals surface area contributed by atoms with Gasteiger partial charge in [0.25, 0.3) is 0 Å². The first-order valence-corrected chi connectivity index (χ1v) is 9.42. The SMILES string of the molecule is C#CCCOCCOCc1ccc(O)cc1.OC1COC(CCN(O)O)CC1O. The number of nitrogens with zero attached hydrogens (tertiary/aromatic N) is 1. The van der Waals surface area contributed by atoms with Gasteiger partial charge in [-0.05, 0) is 24.1 Å². The normalized spacial score (nSPS) is 21.3. The zero-order chi connectivity index (χ0) is 21.5. The molecule has 3 unspecified atom stereocenters. The summed E-state index contributed by atoms with van der Waals surface area (Å²) < 4.78 is 15.8. The first-order chi connectivity index (χ1) is 13.9. The lowest BCUT2D eigenvalue weighted by Crippen LogP contribution is -2.42. The Hall–Kier alpha value is -1.74. The molecule has 0 amide bonds. The number of aromatic hydroxyl groups is 1. The van der Waals surface area contributed by atoms with E-state index in [1.165, 1.54) is 0 Å². The van der Waals surface area contributed by atoms with Crippen LogP contribution in [0.15, 0.2) is 24.3 Å². The van der Waals surface area contributed by atoms with Crippen LogP contribution in [0.5, 0.6) is 5.75 Å². The van der Waals surface area contributed by atoms with Crippen LogP contribution in [0.25, 0.3) is 0 Å². The van der Waals surface area contributed by atoms with Crippen molar-refractivity contribution in [2.75, 3.05) is 33.0 Å². The number of terminal acetylenes is 1. The van der Waals surface area contributed by atoms with Gasteiger partial charge in [0.05, 0.1) is 51.8 Å². The number of aliphatic hydroxyl groups excluding tert-OH is 2. The minimum atomic E-state index is -0.824. The molecule has 1 heterocycles. The number of aliphatic hydroxyl groups is 2. The molecule has 0 saturated carbocycles. The van der Waals surface area contributed by atoms with E-state index in [1.54, 1.807) is 12.1 Å². The first kappa shape index (κ1) is 25.3. The monoisotopic (exact) mass is 413 g/mol. The van der Waals surface area contributed by atoms with Gasteiger partial charge in [0.15, 0.2) is 0 Å². The van der Waals surface area contributed by atoms with Gasteiger partial charge in [-0.25, -0.2) is 0 Å². The van der Waals surface area contributed by atoms with Crippen LogP contribution in [-0.2, 0) is 20.8 Å². The maximum atomic E-state index is 9.24. The summed E-state index contributed by atoms with van der Waals surface area (Å²) in [5.74, 6) is 2.77. The van der Waals surface area contributed by atoms with E-state index in [0.29, 0.717) is 45.7 Å². The van der Waals surface area contributed by atoms with Gasteiger partial charge >= 0.3 is 0 Å². The first-order valence-electron chi connectivity index (χ1n) is 9.42. The average molecular weight is 413 g/mol. The number of rotatable bonds is 10. The Morgan fingerprint density at radius 3 is 2.38 bits per heavy atom. The molecule has 1 aliphatic rings. The molecular formula is C20H31NO8. The molecule has 9 nitrogen and oxygen atoms in total. The molecule has 1 saturated heterocycles. The molecule has 29 heavy (non-hydrogen) atoms. The van der Waals surface area contributed by atoms with Crippen molar-refractivity contribution in [3.63, 3.8) is 0 Å². The Labute approximate surface area is 171 Å². The highest BCUT2D eigenvalue weighted by atomic mass is 16.8. The summed E-state index contributed by atoms with van der Waals surface area (Å²) in [6.45, 7) is 2.37. The van der Waals surface area contributed by atoms with Crippen molar-refractivity contribution in [3.8, 4) is 18.1 Å². The number of ether oxygens (including phenoxy) is 3. The fraction of sp³-hybridized carbons (Fsp3) is 0.600. The topological polar surface area (TPSA) is 132 Å². The molecule has 164 valence electrons. The minimum absolute atomic E-state index is 0.0630. The molecule has 1 aromatic rings. The van der Waals surface area contributed by atoms with E-state index in [1.807, 2.05) is 12.1 Å². The Kier molecular flexibility index (Phi) is 13.2. The molecule has 0 spiro atoms. The number of benzene rings is 1. The minimum Gasteiger partial charge on any atom is -0.508 e. The van der Waals surface area contributed by atoms with Crippen molar-refractivity contribution in [1.29, 1.82) is 0 Å². The second kappa shape index (κ2) is 15.1. The van der Waals surface area contributed by atoms with Gasteiger partial charge in [-0.1, -0.05) is 17.4 Å². The maximum Gasteiger partial charge on any atom is 0.115 e. The van der Waals surface area contributed by atoms with Crippen molar-refractivity contribution in [2.45, 2.75) is 44.2 Å². The standard InChI is InChI=1S/C13H16O3.C7H15NO5/c1-2-3-8-15-9-10-16-11-12-4-6-13(14)7-5-12;9-6-3-5(1-2-8(11)12)13-4-7(6)10/h1,4-7,14H,3,8-11H2;5-7,9-12H,1-4H2. The number of hydrogen-bond donors (Lipinski definition) is 5. The van der Waals surface area contributed by atoms with Gasteiger partial charge in [0, 0.05) is 12.8 Å². The van der Waals surface area contributed by atoms with Crippen molar-refractivity contribution < 1.29 is 39.9 Å². The lowest BCUT2D eigenvalue weighted by atomic mass is 10.0. The van der Waals surface area contributed by atoms with Crippen LogP contribution >= 0.6 is 0 Å². The molecule has 3 atom stereocenters. The van der Waals surface area contributed by atoms with Crippen LogP contribution in [0.2, 0.25) is 0 Å². The lowest BCUT2D eigenvalue weighted by molar-refractivity contribution is -0.309. The number of phenolic OH excluding ortho intramolecular Hbond substituents is 1. The fourth-order valence-corrected chi connectivity index (χ4v) is 2.43. The van der Waals surface area contributed by atoms with Crippen molar-refractivity contribution in [1.82, 2.24) is 5.23 Å². The van der Waals surface area contributed by atoms with Gasteiger partial charge in [-0.3, -0.25) is 10.4 Å². The lowest BCUT2D eigenvalue weighted by Gasteiger charge is -2.30. The van der Waals surface area contributed by atoms with E-state index in [-0.39, 0.29) is 30.2 Å².